The molecule has 110 valence electrons. The maximum Gasteiger partial charge on any atom is 0.153 e. The standard InChI is InChI=1S/C16H31N3/c1-4-5-6-7-8-9-10-11-12-13-15-17-16(14(2)3)19-18-15/h14H,4-13H2,1-3H3,(H,17,18,19). The molecule has 0 atom stereocenters. The molecule has 1 rings (SSSR count). The Morgan fingerprint density at radius 1 is 0.895 bits per heavy atom. The van der Waals surface area contributed by atoms with Crippen molar-refractivity contribution >= 4 is 0 Å². The molecule has 1 N–H and O–H groups in total. The lowest BCUT2D eigenvalue weighted by Gasteiger charge is -2.01. The van der Waals surface area contributed by atoms with Crippen molar-refractivity contribution in [2.24, 2.45) is 0 Å². The molecule has 0 saturated heterocycles. The van der Waals surface area contributed by atoms with Crippen LogP contribution in [-0.4, -0.2) is 15.2 Å². The summed E-state index contributed by atoms with van der Waals surface area (Å²) >= 11 is 0. The van der Waals surface area contributed by atoms with Crippen LogP contribution >= 0.6 is 0 Å². The van der Waals surface area contributed by atoms with Crippen molar-refractivity contribution in [1.82, 2.24) is 15.2 Å². The van der Waals surface area contributed by atoms with Crippen molar-refractivity contribution in [2.75, 3.05) is 0 Å². The van der Waals surface area contributed by atoms with E-state index in [0.29, 0.717) is 5.92 Å². The average molecular weight is 265 g/mol. The number of rotatable bonds is 11. The highest BCUT2D eigenvalue weighted by atomic mass is 15.2. The monoisotopic (exact) mass is 265 g/mol. The van der Waals surface area contributed by atoms with Crippen LogP contribution in [0.4, 0.5) is 0 Å². The number of nitrogens with one attached hydrogen (secondary N) is 1. The van der Waals surface area contributed by atoms with Gasteiger partial charge in [-0.1, -0.05) is 72.1 Å². The van der Waals surface area contributed by atoms with Crippen LogP contribution in [0, 0.1) is 0 Å². The predicted molar refractivity (Wildman–Crippen MR) is 81.4 cm³/mol. The molecule has 3 nitrogen and oxygen atoms in total. The summed E-state index contributed by atoms with van der Waals surface area (Å²) in [4.78, 5) is 4.51. The molecule has 1 heterocycles. The molecular weight excluding hydrogens is 234 g/mol. The summed E-state index contributed by atoms with van der Waals surface area (Å²) < 4.78 is 0. The van der Waals surface area contributed by atoms with E-state index in [1.807, 2.05) is 0 Å². The average Bonchev–Trinajstić information content (AvgIpc) is 2.86. The van der Waals surface area contributed by atoms with Gasteiger partial charge in [0.15, 0.2) is 5.82 Å². The molecular formula is C16H31N3. The first-order valence-electron chi connectivity index (χ1n) is 8.15. The molecule has 0 bridgehead atoms. The van der Waals surface area contributed by atoms with Crippen molar-refractivity contribution in [2.45, 2.75) is 90.9 Å². The third kappa shape index (κ3) is 7.34. The highest BCUT2D eigenvalue weighted by molar-refractivity contribution is 4.94. The summed E-state index contributed by atoms with van der Waals surface area (Å²) in [6, 6.07) is 0. The van der Waals surface area contributed by atoms with E-state index in [-0.39, 0.29) is 0 Å². The Morgan fingerprint density at radius 3 is 2.00 bits per heavy atom. The molecule has 3 heteroatoms. The second kappa shape index (κ2) is 9.99. The van der Waals surface area contributed by atoms with Gasteiger partial charge in [-0.25, -0.2) is 4.98 Å². The fourth-order valence-electron chi connectivity index (χ4n) is 2.28. The van der Waals surface area contributed by atoms with E-state index in [1.54, 1.807) is 0 Å². The van der Waals surface area contributed by atoms with Crippen LogP contribution in [0.3, 0.4) is 0 Å². The summed E-state index contributed by atoms with van der Waals surface area (Å²) in [5.41, 5.74) is 0. The first-order chi connectivity index (χ1) is 9.24. The maximum absolute atomic E-state index is 4.51. The van der Waals surface area contributed by atoms with Crippen LogP contribution in [0.1, 0.15) is 96.1 Å². The van der Waals surface area contributed by atoms with Crippen LogP contribution in [0.5, 0.6) is 0 Å². The molecule has 0 saturated carbocycles. The molecule has 0 amide bonds. The fourth-order valence-corrected chi connectivity index (χ4v) is 2.28. The molecule has 0 aliphatic rings. The summed E-state index contributed by atoms with van der Waals surface area (Å²) in [7, 11) is 0. The SMILES string of the molecule is CCCCCCCCCCCc1nc(C(C)C)n[nH]1. The predicted octanol–water partition coefficient (Wildman–Crippen LogP) is 5.00. The van der Waals surface area contributed by atoms with Gasteiger partial charge in [0.2, 0.25) is 0 Å². The lowest BCUT2D eigenvalue weighted by molar-refractivity contribution is 0.562. The van der Waals surface area contributed by atoms with Crippen LogP contribution in [0.2, 0.25) is 0 Å². The quantitative estimate of drug-likeness (QED) is 0.572. The first kappa shape index (κ1) is 16.2. The van der Waals surface area contributed by atoms with Crippen molar-refractivity contribution in [1.29, 1.82) is 0 Å². The highest BCUT2D eigenvalue weighted by Crippen LogP contribution is 2.12. The number of aryl methyl sites for hydroxylation is 1. The van der Waals surface area contributed by atoms with E-state index in [0.717, 1.165) is 18.1 Å². The fraction of sp³-hybridized carbons (Fsp3) is 0.875. The van der Waals surface area contributed by atoms with Crippen molar-refractivity contribution < 1.29 is 0 Å². The van der Waals surface area contributed by atoms with Crippen LogP contribution < -0.4 is 0 Å². The number of hydrogen-bond donors (Lipinski definition) is 1. The third-order valence-electron chi connectivity index (χ3n) is 3.58. The summed E-state index contributed by atoms with van der Waals surface area (Å²) in [6.07, 6.45) is 13.4. The molecule has 1 aromatic heterocycles. The summed E-state index contributed by atoms with van der Waals surface area (Å²) in [5.74, 6) is 2.44. The van der Waals surface area contributed by atoms with Gasteiger partial charge >= 0.3 is 0 Å². The van der Waals surface area contributed by atoms with Crippen molar-refractivity contribution in [3.8, 4) is 0 Å². The molecule has 0 aliphatic heterocycles. The van der Waals surface area contributed by atoms with Gasteiger partial charge in [0.1, 0.15) is 5.82 Å². The second-order valence-electron chi connectivity index (χ2n) is 5.87. The van der Waals surface area contributed by atoms with Gasteiger partial charge in [-0.15, -0.1) is 0 Å². The Kier molecular flexibility index (Phi) is 8.52. The number of nitrogens with zero attached hydrogens (tertiary/aromatic N) is 2. The number of aromatic amines is 1. The Bertz CT molecular complexity index is 318. The number of H-pyrrole nitrogens is 1. The van der Waals surface area contributed by atoms with Gasteiger partial charge in [0.05, 0.1) is 0 Å². The van der Waals surface area contributed by atoms with Crippen LogP contribution in [0.25, 0.3) is 0 Å². The largest absolute Gasteiger partial charge is 0.263 e. The summed E-state index contributed by atoms with van der Waals surface area (Å²) in [5, 5.41) is 7.29. The van der Waals surface area contributed by atoms with Gasteiger partial charge in [-0.2, -0.15) is 5.10 Å². The minimum absolute atomic E-state index is 0.424. The van der Waals surface area contributed by atoms with Crippen molar-refractivity contribution in [3.05, 3.63) is 11.6 Å². The topological polar surface area (TPSA) is 41.6 Å². The molecule has 0 radical (unpaired) electrons. The lowest BCUT2D eigenvalue weighted by atomic mass is 10.1. The highest BCUT2D eigenvalue weighted by Gasteiger charge is 2.06. The lowest BCUT2D eigenvalue weighted by Crippen LogP contribution is -1.91. The zero-order valence-electron chi connectivity index (χ0n) is 13.0. The van der Waals surface area contributed by atoms with E-state index in [1.165, 1.54) is 57.8 Å². The Labute approximate surface area is 118 Å². The smallest absolute Gasteiger partial charge is 0.153 e. The van der Waals surface area contributed by atoms with E-state index >= 15 is 0 Å². The second-order valence-corrected chi connectivity index (χ2v) is 5.87. The number of hydrogen-bond acceptors (Lipinski definition) is 2. The Morgan fingerprint density at radius 2 is 1.47 bits per heavy atom. The molecule has 1 aromatic rings. The zero-order valence-corrected chi connectivity index (χ0v) is 13.0. The van der Waals surface area contributed by atoms with Gasteiger partial charge in [0, 0.05) is 12.3 Å². The van der Waals surface area contributed by atoms with Gasteiger partial charge in [-0.3, -0.25) is 5.10 Å². The third-order valence-corrected chi connectivity index (χ3v) is 3.58. The first-order valence-corrected chi connectivity index (χ1v) is 8.15. The number of unbranched alkanes of at least 4 members (excludes halogenated alkanes) is 8. The maximum atomic E-state index is 4.51. The van der Waals surface area contributed by atoms with Gasteiger partial charge in [-0.05, 0) is 6.42 Å². The molecule has 0 fully saturated rings. The normalized spacial score (nSPS) is 11.4. The van der Waals surface area contributed by atoms with E-state index in [2.05, 4.69) is 36.0 Å². The molecule has 0 spiro atoms. The van der Waals surface area contributed by atoms with E-state index < -0.39 is 0 Å². The Hall–Kier alpha value is -0.860. The minimum Gasteiger partial charge on any atom is -0.263 e. The van der Waals surface area contributed by atoms with Gasteiger partial charge < -0.3 is 0 Å². The Balaban J connectivity index is 1.95. The number of aromatic nitrogens is 3. The van der Waals surface area contributed by atoms with E-state index in [9.17, 15) is 0 Å². The van der Waals surface area contributed by atoms with Crippen molar-refractivity contribution in [3.63, 3.8) is 0 Å². The summed E-state index contributed by atoms with van der Waals surface area (Å²) in [6.45, 7) is 6.53. The molecule has 0 aromatic carbocycles. The minimum atomic E-state index is 0.424. The molecule has 0 aliphatic carbocycles. The van der Waals surface area contributed by atoms with Crippen LogP contribution in [-0.2, 0) is 6.42 Å². The van der Waals surface area contributed by atoms with Crippen LogP contribution in [0.15, 0.2) is 0 Å². The molecule has 0 unspecified atom stereocenters. The van der Waals surface area contributed by atoms with Gasteiger partial charge in [0.25, 0.3) is 0 Å². The zero-order chi connectivity index (χ0) is 13.9. The molecule has 19 heavy (non-hydrogen) atoms. The van der Waals surface area contributed by atoms with E-state index in [4.69, 9.17) is 0 Å².